The van der Waals surface area contributed by atoms with Crippen LogP contribution in [0.1, 0.15) is 38.5 Å². The van der Waals surface area contributed by atoms with Crippen LogP contribution < -0.4 is 48.3 Å². The highest BCUT2D eigenvalue weighted by Crippen LogP contribution is 2.13. The molecule has 40 heavy (non-hydrogen) atoms. The van der Waals surface area contributed by atoms with Crippen molar-refractivity contribution >= 4 is 11.9 Å². The van der Waals surface area contributed by atoms with E-state index in [1.54, 1.807) is 0 Å². The Hall–Kier alpha value is -1.59. The molecule has 1 amide bonds. The van der Waals surface area contributed by atoms with Crippen molar-refractivity contribution in [2.24, 2.45) is 5.73 Å². The largest absolute Gasteiger partial charge is 0.490 e. The number of hydrogen-bond acceptors (Lipinski definition) is 10. The standard InChI is InChI=1S/C23H53N9O.C2HF3O2/c24-23(33)22-6-4-2-1-3-5-7-25-8-9-26-10-11-27-12-13-28-14-15-29-16-17-30-18-19-31-20-21-32-22;3-2(4,5)1(6)7/h22,25-32H,1-21H2,(H2,24,33);(H,6,7). The Bertz CT molecular complexity index is 576. The van der Waals surface area contributed by atoms with Crippen molar-refractivity contribution in [3.8, 4) is 0 Å². The molecule has 0 spiro atoms. The average Bonchev–Trinajstić information content (AvgIpc) is 2.90. The molecular formula is C25H54F3N9O3. The zero-order valence-electron chi connectivity index (χ0n) is 23.9. The molecule has 1 atom stereocenters. The third kappa shape index (κ3) is 28.0. The molecule has 1 aliphatic heterocycles. The molecule has 0 bridgehead atoms. The summed E-state index contributed by atoms with van der Waals surface area (Å²) >= 11 is 0. The Labute approximate surface area is 237 Å². The lowest BCUT2D eigenvalue weighted by atomic mass is 10.1. The van der Waals surface area contributed by atoms with Crippen molar-refractivity contribution in [1.82, 2.24) is 42.5 Å². The Kier molecular flexibility index (Phi) is 26.5. The molecule has 1 rings (SSSR count). The van der Waals surface area contributed by atoms with E-state index in [0.29, 0.717) is 0 Å². The van der Waals surface area contributed by atoms with Gasteiger partial charge in [-0.05, 0) is 19.4 Å². The van der Waals surface area contributed by atoms with Gasteiger partial charge in [0.25, 0.3) is 0 Å². The zero-order chi connectivity index (χ0) is 29.7. The lowest BCUT2D eigenvalue weighted by Gasteiger charge is -2.16. The number of carboxylic acid groups (broad SMARTS) is 1. The van der Waals surface area contributed by atoms with Gasteiger partial charge in [-0.15, -0.1) is 0 Å². The quantitative estimate of drug-likeness (QED) is 0.174. The topological polar surface area (TPSA) is 177 Å². The van der Waals surface area contributed by atoms with Crippen molar-refractivity contribution in [2.45, 2.75) is 50.7 Å². The Balaban J connectivity index is 0.00000191. The molecule has 1 heterocycles. The van der Waals surface area contributed by atoms with E-state index in [9.17, 15) is 18.0 Å². The lowest BCUT2D eigenvalue weighted by Crippen LogP contribution is -2.44. The summed E-state index contributed by atoms with van der Waals surface area (Å²) in [5.41, 5.74) is 5.57. The van der Waals surface area contributed by atoms with Gasteiger partial charge in [0.05, 0.1) is 6.04 Å². The third-order valence-corrected chi connectivity index (χ3v) is 6.00. The minimum absolute atomic E-state index is 0.213. The van der Waals surface area contributed by atoms with Gasteiger partial charge in [0.2, 0.25) is 5.91 Å². The monoisotopic (exact) mass is 585 g/mol. The molecule has 0 aromatic heterocycles. The van der Waals surface area contributed by atoms with Crippen molar-refractivity contribution in [1.29, 1.82) is 0 Å². The number of rotatable bonds is 1. The van der Waals surface area contributed by atoms with E-state index in [1.807, 2.05) is 0 Å². The van der Waals surface area contributed by atoms with Crippen LogP contribution in [0.5, 0.6) is 0 Å². The molecule has 1 saturated heterocycles. The molecule has 12 nitrogen and oxygen atoms in total. The Morgan fingerprint density at radius 3 is 1.20 bits per heavy atom. The van der Waals surface area contributed by atoms with E-state index >= 15 is 0 Å². The van der Waals surface area contributed by atoms with Crippen molar-refractivity contribution in [3.63, 3.8) is 0 Å². The van der Waals surface area contributed by atoms with E-state index in [1.165, 1.54) is 19.3 Å². The van der Waals surface area contributed by atoms with Crippen LogP contribution in [0.15, 0.2) is 0 Å². The summed E-state index contributed by atoms with van der Waals surface area (Å²) in [6.45, 7) is 14.5. The van der Waals surface area contributed by atoms with Gasteiger partial charge in [-0.2, -0.15) is 13.2 Å². The number of amides is 1. The van der Waals surface area contributed by atoms with Gasteiger partial charge in [0.1, 0.15) is 0 Å². The highest BCUT2D eigenvalue weighted by molar-refractivity contribution is 5.79. The van der Waals surface area contributed by atoms with Crippen LogP contribution in [0.25, 0.3) is 0 Å². The molecular weight excluding hydrogens is 531 g/mol. The van der Waals surface area contributed by atoms with Gasteiger partial charge < -0.3 is 53.4 Å². The highest BCUT2D eigenvalue weighted by Gasteiger charge is 2.38. The summed E-state index contributed by atoms with van der Waals surface area (Å²) < 4.78 is 31.7. The van der Waals surface area contributed by atoms with Gasteiger partial charge in [-0.3, -0.25) is 4.79 Å². The second kappa shape index (κ2) is 27.6. The van der Waals surface area contributed by atoms with Crippen LogP contribution in [-0.4, -0.2) is 127 Å². The molecule has 0 saturated carbocycles. The summed E-state index contributed by atoms with van der Waals surface area (Å²) in [5.74, 6) is -2.99. The maximum Gasteiger partial charge on any atom is 0.490 e. The van der Waals surface area contributed by atoms with E-state index in [2.05, 4.69) is 42.5 Å². The van der Waals surface area contributed by atoms with Crippen molar-refractivity contribution in [3.05, 3.63) is 0 Å². The first-order valence-corrected chi connectivity index (χ1v) is 14.5. The Morgan fingerprint density at radius 1 is 0.550 bits per heavy atom. The van der Waals surface area contributed by atoms with Gasteiger partial charge in [-0.25, -0.2) is 4.79 Å². The number of carbonyl (C=O) groups excluding carboxylic acids is 1. The highest BCUT2D eigenvalue weighted by atomic mass is 19.4. The lowest BCUT2D eigenvalue weighted by molar-refractivity contribution is -0.192. The van der Waals surface area contributed by atoms with Crippen molar-refractivity contribution in [2.75, 3.05) is 98.2 Å². The molecule has 1 aliphatic rings. The van der Waals surface area contributed by atoms with Gasteiger partial charge >= 0.3 is 12.1 Å². The normalized spacial score (nSPS) is 22.6. The molecule has 15 heteroatoms. The Morgan fingerprint density at radius 2 is 0.850 bits per heavy atom. The fourth-order valence-corrected chi connectivity index (χ4v) is 3.74. The number of hydrogen-bond donors (Lipinski definition) is 10. The number of halogens is 3. The minimum Gasteiger partial charge on any atom is -0.475 e. The number of alkyl halides is 3. The molecule has 0 aromatic rings. The summed E-state index contributed by atoms with van der Waals surface area (Å²) in [6.07, 6.45) is 1.62. The SMILES string of the molecule is NC(=O)C1CCCCCCCNCCNCCNCCNCCNCCNCCNCCN1.O=C(O)C(F)(F)F. The summed E-state index contributed by atoms with van der Waals surface area (Å²) in [4.78, 5) is 20.6. The van der Waals surface area contributed by atoms with Crippen LogP contribution >= 0.6 is 0 Å². The number of primary amides is 1. The average molecular weight is 586 g/mol. The number of carboxylic acids is 1. The zero-order valence-corrected chi connectivity index (χ0v) is 23.9. The van der Waals surface area contributed by atoms with Crippen LogP contribution in [-0.2, 0) is 9.59 Å². The fraction of sp³-hybridized carbons (Fsp3) is 0.920. The van der Waals surface area contributed by atoms with Crippen LogP contribution in [0.3, 0.4) is 0 Å². The van der Waals surface area contributed by atoms with Crippen molar-refractivity contribution < 1.29 is 27.9 Å². The molecule has 1 unspecified atom stereocenters. The number of nitrogens with one attached hydrogen (secondary N) is 8. The molecule has 238 valence electrons. The number of aliphatic carboxylic acids is 1. The summed E-state index contributed by atoms with van der Waals surface area (Å²) in [7, 11) is 0. The van der Waals surface area contributed by atoms with E-state index in [0.717, 1.165) is 117 Å². The maximum atomic E-state index is 11.7. The molecule has 11 N–H and O–H groups in total. The maximum absolute atomic E-state index is 11.7. The van der Waals surface area contributed by atoms with Gasteiger partial charge in [-0.1, -0.05) is 25.7 Å². The fourth-order valence-electron chi connectivity index (χ4n) is 3.74. The van der Waals surface area contributed by atoms with E-state index < -0.39 is 12.1 Å². The second-order valence-corrected chi connectivity index (χ2v) is 9.52. The van der Waals surface area contributed by atoms with E-state index in [4.69, 9.17) is 15.6 Å². The van der Waals surface area contributed by atoms with E-state index in [-0.39, 0.29) is 11.9 Å². The first kappa shape index (κ1) is 38.4. The van der Waals surface area contributed by atoms with Crippen LogP contribution in [0.2, 0.25) is 0 Å². The minimum atomic E-state index is -5.08. The number of carbonyl (C=O) groups is 2. The molecule has 0 aliphatic carbocycles. The predicted molar refractivity (Wildman–Crippen MR) is 152 cm³/mol. The number of nitrogens with two attached hydrogens (primary N) is 1. The summed E-state index contributed by atoms with van der Waals surface area (Å²) in [5, 5.41) is 34.6. The first-order valence-electron chi connectivity index (χ1n) is 14.5. The van der Waals surface area contributed by atoms with Gasteiger partial charge in [0, 0.05) is 91.6 Å². The molecule has 0 radical (unpaired) electrons. The smallest absolute Gasteiger partial charge is 0.475 e. The van der Waals surface area contributed by atoms with Crippen LogP contribution in [0.4, 0.5) is 13.2 Å². The second-order valence-electron chi connectivity index (χ2n) is 9.52. The van der Waals surface area contributed by atoms with Gasteiger partial charge in [0.15, 0.2) is 0 Å². The molecule has 1 fully saturated rings. The van der Waals surface area contributed by atoms with Crippen LogP contribution in [0, 0.1) is 0 Å². The first-order chi connectivity index (χ1) is 19.2. The third-order valence-electron chi connectivity index (χ3n) is 6.00. The molecule has 0 aromatic carbocycles. The summed E-state index contributed by atoms with van der Waals surface area (Å²) in [6, 6.07) is -0.213. The predicted octanol–water partition coefficient (Wildman–Crippen LogP) is -1.46.